The van der Waals surface area contributed by atoms with E-state index >= 15 is 0 Å². The Bertz CT molecular complexity index is 420. The highest BCUT2D eigenvalue weighted by Crippen LogP contribution is 2.18. The molecule has 1 unspecified atom stereocenters. The second-order valence-corrected chi connectivity index (χ2v) is 4.69. The molecule has 1 atom stereocenters. The molecule has 98 valence electrons. The molecule has 1 amide bonds. The van der Waals surface area contributed by atoms with E-state index in [-0.39, 0.29) is 5.91 Å². The van der Waals surface area contributed by atoms with Gasteiger partial charge in [0.15, 0.2) is 0 Å². The van der Waals surface area contributed by atoms with Crippen molar-refractivity contribution in [3.05, 3.63) is 24.0 Å². The lowest BCUT2D eigenvalue weighted by atomic mass is 9.98. The number of nitrogens with zero attached hydrogens (tertiary/aromatic N) is 2. The number of aromatic nitrogens is 1. The summed E-state index contributed by atoms with van der Waals surface area (Å²) in [6.07, 6.45) is 3.70. The van der Waals surface area contributed by atoms with Crippen LogP contribution in [-0.4, -0.2) is 42.6 Å². The van der Waals surface area contributed by atoms with E-state index in [0.29, 0.717) is 23.9 Å². The highest BCUT2D eigenvalue weighted by molar-refractivity contribution is 5.93. The number of carbonyl (C=O) groups is 1. The molecule has 1 saturated heterocycles. The fourth-order valence-electron chi connectivity index (χ4n) is 2.35. The van der Waals surface area contributed by atoms with Gasteiger partial charge in [0.05, 0.1) is 6.61 Å². The lowest BCUT2D eigenvalue weighted by Crippen LogP contribution is -2.41. The number of rotatable bonds is 3. The smallest absolute Gasteiger partial charge is 0.272 e. The standard InChI is InChI=1S/C13H19N3O2/c1-18-9-10-3-2-6-16(8-10)13(17)12-7-11(14)4-5-15-12/h4-5,7,10H,2-3,6,8-9H2,1H3,(H2,14,15). The maximum atomic E-state index is 12.3. The van der Waals surface area contributed by atoms with E-state index in [1.165, 1.54) is 0 Å². The van der Waals surface area contributed by atoms with Crippen LogP contribution in [0, 0.1) is 5.92 Å². The van der Waals surface area contributed by atoms with E-state index in [1.807, 2.05) is 4.90 Å². The number of nitrogen functional groups attached to an aromatic ring is 1. The van der Waals surface area contributed by atoms with Crippen LogP contribution in [-0.2, 0) is 4.74 Å². The number of ether oxygens (including phenoxy) is 1. The highest BCUT2D eigenvalue weighted by Gasteiger charge is 2.25. The zero-order valence-corrected chi connectivity index (χ0v) is 10.6. The van der Waals surface area contributed by atoms with Gasteiger partial charge in [-0.25, -0.2) is 0 Å². The molecule has 0 radical (unpaired) electrons. The number of hydrogen-bond acceptors (Lipinski definition) is 4. The molecule has 0 aliphatic carbocycles. The molecular formula is C13H19N3O2. The maximum absolute atomic E-state index is 12.3. The topological polar surface area (TPSA) is 68.5 Å². The first-order chi connectivity index (χ1) is 8.70. The van der Waals surface area contributed by atoms with Crippen LogP contribution in [0.25, 0.3) is 0 Å². The fraction of sp³-hybridized carbons (Fsp3) is 0.538. The zero-order valence-electron chi connectivity index (χ0n) is 10.6. The average Bonchev–Trinajstić information content (AvgIpc) is 2.39. The summed E-state index contributed by atoms with van der Waals surface area (Å²) in [6.45, 7) is 2.23. The third-order valence-corrected chi connectivity index (χ3v) is 3.21. The van der Waals surface area contributed by atoms with Gasteiger partial charge in [0.2, 0.25) is 0 Å². The monoisotopic (exact) mass is 249 g/mol. The molecule has 1 aromatic rings. The third kappa shape index (κ3) is 2.98. The number of carbonyl (C=O) groups excluding carboxylic acids is 1. The van der Waals surface area contributed by atoms with Gasteiger partial charge in [0.1, 0.15) is 5.69 Å². The van der Waals surface area contributed by atoms with Gasteiger partial charge in [-0.1, -0.05) is 0 Å². The quantitative estimate of drug-likeness (QED) is 0.873. The van der Waals surface area contributed by atoms with E-state index in [4.69, 9.17) is 10.5 Å². The van der Waals surface area contributed by atoms with Crippen LogP contribution in [0.15, 0.2) is 18.3 Å². The Labute approximate surface area is 107 Å². The average molecular weight is 249 g/mol. The van der Waals surface area contributed by atoms with Crippen LogP contribution in [0.4, 0.5) is 5.69 Å². The second-order valence-electron chi connectivity index (χ2n) is 4.69. The Hall–Kier alpha value is -1.62. The van der Waals surface area contributed by atoms with Gasteiger partial charge in [-0.15, -0.1) is 0 Å². The van der Waals surface area contributed by atoms with Gasteiger partial charge >= 0.3 is 0 Å². The van der Waals surface area contributed by atoms with E-state index in [1.54, 1.807) is 25.4 Å². The molecule has 2 heterocycles. The van der Waals surface area contributed by atoms with E-state index in [9.17, 15) is 4.79 Å². The predicted molar refractivity (Wildman–Crippen MR) is 69.2 cm³/mol. The number of anilines is 1. The van der Waals surface area contributed by atoms with Crippen LogP contribution in [0.5, 0.6) is 0 Å². The Balaban J connectivity index is 2.04. The summed E-state index contributed by atoms with van der Waals surface area (Å²) < 4.78 is 5.16. The van der Waals surface area contributed by atoms with Gasteiger partial charge in [-0.2, -0.15) is 0 Å². The van der Waals surface area contributed by atoms with Gasteiger partial charge in [-0.3, -0.25) is 9.78 Å². The van der Waals surface area contributed by atoms with Crippen LogP contribution in [0.2, 0.25) is 0 Å². The minimum absolute atomic E-state index is 0.0388. The number of pyridine rings is 1. The van der Waals surface area contributed by atoms with Crippen molar-refractivity contribution in [2.24, 2.45) is 5.92 Å². The Morgan fingerprint density at radius 2 is 2.50 bits per heavy atom. The maximum Gasteiger partial charge on any atom is 0.272 e. The molecule has 0 saturated carbocycles. The number of nitrogens with two attached hydrogens (primary N) is 1. The summed E-state index contributed by atoms with van der Waals surface area (Å²) in [4.78, 5) is 18.2. The lowest BCUT2D eigenvalue weighted by molar-refractivity contribution is 0.0566. The van der Waals surface area contributed by atoms with Crippen molar-refractivity contribution in [2.75, 3.05) is 32.5 Å². The SMILES string of the molecule is COCC1CCCN(C(=O)c2cc(N)ccn2)C1. The molecule has 1 aromatic heterocycles. The van der Waals surface area contributed by atoms with E-state index in [0.717, 1.165) is 25.9 Å². The summed E-state index contributed by atoms with van der Waals surface area (Å²) in [5.41, 5.74) is 6.66. The number of hydrogen-bond donors (Lipinski definition) is 1. The molecule has 0 bridgehead atoms. The Kier molecular flexibility index (Phi) is 4.15. The molecule has 2 N–H and O–H groups in total. The normalized spacial score (nSPS) is 19.8. The first kappa shape index (κ1) is 12.8. The molecule has 1 aliphatic heterocycles. The summed E-state index contributed by atoms with van der Waals surface area (Å²) in [5, 5.41) is 0. The summed E-state index contributed by atoms with van der Waals surface area (Å²) in [6, 6.07) is 3.31. The molecule has 0 spiro atoms. The first-order valence-corrected chi connectivity index (χ1v) is 6.20. The van der Waals surface area contributed by atoms with Crippen LogP contribution in [0.3, 0.4) is 0 Å². The summed E-state index contributed by atoms with van der Waals surface area (Å²) in [7, 11) is 1.69. The number of amides is 1. The molecule has 18 heavy (non-hydrogen) atoms. The first-order valence-electron chi connectivity index (χ1n) is 6.20. The van der Waals surface area contributed by atoms with Crippen molar-refractivity contribution in [3.63, 3.8) is 0 Å². The summed E-state index contributed by atoms with van der Waals surface area (Å²) in [5.74, 6) is 0.386. The van der Waals surface area contributed by atoms with Crippen LogP contribution in [0.1, 0.15) is 23.3 Å². The molecule has 2 rings (SSSR count). The molecule has 0 aromatic carbocycles. The van der Waals surface area contributed by atoms with Gasteiger partial charge in [0.25, 0.3) is 5.91 Å². The number of methoxy groups -OCH3 is 1. The fourth-order valence-corrected chi connectivity index (χ4v) is 2.35. The zero-order chi connectivity index (χ0) is 13.0. The number of piperidine rings is 1. The van der Waals surface area contributed by atoms with Crippen LogP contribution >= 0.6 is 0 Å². The molecule has 5 nitrogen and oxygen atoms in total. The van der Waals surface area contributed by atoms with Crippen molar-refractivity contribution in [2.45, 2.75) is 12.8 Å². The molecule has 1 fully saturated rings. The van der Waals surface area contributed by atoms with Crippen molar-refractivity contribution >= 4 is 11.6 Å². The van der Waals surface area contributed by atoms with Crippen molar-refractivity contribution in [1.82, 2.24) is 9.88 Å². The van der Waals surface area contributed by atoms with Gasteiger partial charge < -0.3 is 15.4 Å². The summed E-state index contributed by atoms with van der Waals surface area (Å²) >= 11 is 0. The third-order valence-electron chi connectivity index (χ3n) is 3.21. The second kappa shape index (κ2) is 5.82. The lowest BCUT2D eigenvalue weighted by Gasteiger charge is -2.32. The minimum Gasteiger partial charge on any atom is -0.399 e. The largest absolute Gasteiger partial charge is 0.399 e. The van der Waals surface area contributed by atoms with Crippen molar-refractivity contribution in [1.29, 1.82) is 0 Å². The molecule has 1 aliphatic rings. The van der Waals surface area contributed by atoms with Crippen molar-refractivity contribution < 1.29 is 9.53 Å². The van der Waals surface area contributed by atoms with E-state index in [2.05, 4.69) is 4.98 Å². The minimum atomic E-state index is -0.0388. The van der Waals surface area contributed by atoms with Gasteiger partial charge in [0, 0.05) is 32.1 Å². The predicted octanol–water partition coefficient (Wildman–Crippen LogP) is 1.16. The van der Waals surface area contributed by atoms with E-state index < -0.39 is 0 Å². The number of likely N-dealkylation sites (tertiary alicyclic amines) is 1. The van der Waals surface area contributed by atoms with Crippen LogP contribution < -0.4 is 5.73 Å². The Morgan fingerprint density at radius 3 is 3.22 bits per heavy atom. The molecular weight excluding hydrogens is 230 g/mol. The Morgan fingerprint density at radius 1 is 1.67 bits per heavy atom. The van der Waals surface area contributed by atoms with Gasteiger partial charge in [-0.05, 0) is 30.9 Å². The molecule has 5 heteroatoms. The van der Waals surface area contributed by atoms with Crippen molar-refractivity contribution in [3.8, 4) is 0 Å². The highest BCUT2D eigenvalue weighted by atomic mass is 16.5.